The Hall–Kier alpha value is -2.23. The van der Waals surface area contributed by atoms with Crippen LogP contribution in [0.2, 0.25) is 0 Å². The summed E-state index contributed by atoms with van der Waals surface area (Å²) in [5.41, 5.74) is 2.78. The van der Waals surface area contributed by atoms with E-state index in [9.17, 15) is 9.18 Å². The second kappa shape index (κ2) is 6.28. The van der Waals surface area contributed by atoms with Gasteiger partial charge in [0.25, 0.3) is 5.91 Å². The summed E-state index contributed by atoms with van der Waals surface area (Å²) < 4.78 is 12.7. The zero-order valence-corrected chi connectivity index (χ0v) is 11.6. The highest BCUT2D eigenvalue weighted by molar-refractivity contribution is 5.94. The van der Waals surface area contributed by atoms with Crippen LogP contribution >= 0.6 is 0 Å². The number of aryl methyl sites for hydroxylation is 1. The van der Waals surface area contributed by atoms with E-state index in [2.05, 4.69) is 16.4 Å². The number of nitrogens with one attached hydrogen (secondary N) is 1. The number of halogens is 1. The summed E-state index contributed by atoms with van der Waals surface area (Å²) in [6.07, 6.45) is 2.00. The first-order valence-electron chi connectivity index (χ1n) is 6.53. The second-order valence-electron chi connectivity index (χ2n) is 4.87. The first-order chi connectivity index (χ1) is 9.56. The van der Waals surface area contributed by atoms with Crippen molar-refractivity contribution < 1.29 is 9.18 Å². The van der Waals surface area contributed by atoms with Gasteiger partial charge in [0, 0.05) is 12.2 Å². The third-order valence-corrected chi connectivity index (χ3v) is 3.15. The average molecular weight is 272 g/mol. The Morgan fingerprint density at radius 3 is 2.70 bits per heavy atom. The van der Waals surface area contributed by atoms with Crippen molar-refractivity contribution in [2.45, 2.75) is 26.3 Å². The Balaban J connectivity index is 1.98. The largest absolute Gasteiger partial charge is 0.349 e. The summed E-state index contributed by atoms with van der Waals surface area (Å²) in [7, 11) is 0. The lowest BCUT2D eigenvalue weighted by Gasteiger charge is -2.15. The molecule has 20 heavy (non-hydrogen) atoms. The molecular formula is C16H17FN2O. The van der Waals surface area contributed by atoms with Gasteiger partial charge in [-0.25, -0.2) is 4.98 Å². The van der Waals surface area contributed by atoms with Crippen molar-refractivity contribution in [3.05, 3.63) is 65.2 Å². The fourth-order valence-corrected chi connectivity index (χ4v) is 2.04. The van der Waals surface area contributed by atoms with Crippen LogP contribution in [-0.2, 0) is 6.42 Å². The summed E-state index contributed by atoms with van der Waals surface area (Å²) in [5.74, 6) is -0.826. The number of hydrogen-bond acceptors (Lipinski definition) is 2. The van der Waals surface area contributed by atoms with Crippen LogP contribution < -0.4 is 5.32 Å². The molecule has 0 aliphatic rings. The van der Waals surface area contributed by atoms with Gasteiger partial charge < -0.3 is 5.32 Å². The summed E-state index contributed by atoms with van der Waals surface area (Å²) in [6.45, 7) is 4.00. The van der Waals surface area contributed by atoms with E-state index in [1.807, 2.05) is 32.0 Å². The van der Waals surface area contributed by atoms with Gasteiger partial charge in [-0.05, 0) is 43.5 Å². The number of rotatable bonds is 4. The lowest BCUT2D eigenvalue weighted by molar-refractivity contribution is 0.0939. The minimum absolute atomic E-state index is 0.00588. The Morgan fingerprint density at radius 1 is 1.30 bits per heavy atom. The fraction of sp³-hybridized carbons (Fsp3) is 0.250. The molecule has 0 fully saturated rings. The average Bonchev–Trinajstić information content (AvgIpc) is 2.42. The number of amides is 1. The molecule has 1 amide bonds. The van der Waals surface area contributed by atoms with E-state index < -0.39 is 5.95 Å². The molecule has 2 aromatic rings. The highest BCUT2D eigenvalue weighted by atomic mass is 19.1. The molecule has 0 aliphatic heterocycles. The number of nitrogens with zero attached hydrogens (tertiary/aromatic N) is 1. The van der Waals surface area contributed by atoms with Crippen molar-refractivity contribution in [3.63, 3.8) is 0 Å². The van der Waals surface area contributed by atoms with Crippen molar-refractivity contribution in [3.8, 4) is 0 Å². The van der Waals surface area contributed by atoms with E-state index >= 15 is 0 Å². The van der Waals surface area contributed by atoms with Gasteiger partial charge in [0.05, 0.1) is 5.56 Å². The maximum absolute atomic E-state index is 12.7. The lowest BCUT2D eigenvalue weighted by atomic mass is 10.0. The Labute approximate surface area is 117 Å². The van der Waals surface area contributed by atoms with E-state index in [4.69, 9.17) is 0 Å². The molecule has 1 unspecified atom stereocenters. The first kappa shape index (κ1) is 14.2. The van der Waals surface area contributed by atoms with Crippen molar-refractivity contribution in [2.24, 2.45) is 0 Å². The minimum Gasteiger partial charge on any atom is -0.349 e. The van der Waals surface area contributed by atoms with Crippen LogP contribution in [0.5, 0.6) is 0 Å². The predicted molar refractivity (Wildman–Crippen MR) is 76.0 cm³/mol. The maximum atomic E-state index is 12.7. The second-order valence-corrected chi connectivity index (χ2v) is 4.87. The van der Waals surface area contributed by atoms with Crippen LogP contribution in [0.15, 0.2) is 42.6 Å². The zero-order chi connectivity index (χ0) is 14.5. The van der Waals surface area contributed by atoms with Crippen LogP contribution in [0, 0.1) is 12.9 Å². The molecule has 3 nitrogen and oxygen atoms in total. The normalized spacial score (nSPS) is 11.9. The lowest BCUT2D eigenvalue weighted by Crippen LogP contribution is -2.34. The molecule has 0 saturated heterocycles. The van der Waals surface area contributed by atoms with E-state index in [-0.39, 0.29) is 11.9 Å². The standard InChI is InChI=1S/C16H17FN2O/c1-11-5-3-4-6-13(11)9-12(2)19-16(20)14-7-8-15(17)18-10-14/h3-8,10,12H,9H2,1-2H3,(H,19,20). The fourth-order valence-electron chi connectivity index (χ4n) is 2.04. The molecule has 1 aromatic carbocycles. The number of hydrogen-bond donors (Lipinski definition) is 1. The van der Waals surface area contributed by atoms with Gasteiger partial charge in [-0.2, -0.15) is 4.39 Å². The molecule has 0 aliphatic carbocycles. The summed E-state index contributed by atoms with van der Waals surface area (Å²) in [4.78, 5) is 15.4. The molecule has 2 rings (SSSR count). The topological polar surface area (TPSA) is 42.0 Å². The number of aromatic nitrogens is 1. The Kier molecular flexibility index (Phi) is 4.45. The number of carbonyl (C=O) groups excluding carboxylic acids is 1. The van der Waals surface area contributed by atoms with Crippen molar-refractivity contribution in [1.29, 1.82) is 0 Å². The molecule has 1 aromatic heterocycles. The van der Waals surface area contributed by atoms with Gasteiger partial charge in [-0.3, -0.25) is 4.79 Å². The summed E-state index contributed by atoms with van der Waals surface area (Å²) in [6, 6.07) is 10.7. The third kappa shape index (κ3) is 3.63. The van der Waals surface area contributed by atoms with E-state index in [0.717, 1.165) is 6.42 Å². The molecule has 104 valence electrons. The van der Waals surface area contributed by atoms with Crippen LogP contribution in [0.25, 0.3) is 0 Å². The molecule has 4 heteroatoms. The first-order valence-corrected chi connectivity index (χ1v) is 6.53. The third-order valence-electron chi connectivity index (χ3n) is 3.15. The Bertz CT molecular complexity index is 596. The Morgan fingerprint density at radius 2 is 2.05 bits per heavy atom. The van der Waals surface area contributed by atoms with Crippen LogP contribution in [0.4, 0.5) is 4.39 Å². The predicted octanol–water partition coefficient (Wildman–Crippen LogP) is 2.89. The molecular weight excluding hydrogens is 255 g/mol. The maximum Gasteiger partial charge on any atom is 0.253 e. The van der Waals surface area contributed by atoms with E-state index in [1.54, 1.807) is 0 Å². The van der Waals surface area contributed by atoms with Crippen molar-refractivity contribution in [1.82, 2.24) is 10.3 Å². The van der Waals surface area contributed by atoms with Gasteiger partial charge in [0.1, 0.15) is 0 Å². The van der Waals surface area contributed by atoms with Crippen molar-refractivity contribution >= 4 is 5.91 Å². The smallest absolute Gasteiger partial charge is 0.253 e. The van der Waals surface area contributed by atoms with Crippen molar-refractivity contribution in [2.75, 3.05) is 0 Å². The SMILES string of the molecule is Cc1ccccc1CC(C)NC(=O)c1ccc(F)nc1. The van der Waals surface area contributed by atoms with Gasteiger partial charge in [0.15, 0.2) is 0 Å². The van der Waals surface area contributed by atoms with Gasteiger partial charge in [-0.1, -0.05) is 24.3 Å². The number of pyridine rings is 1. The van der Waals surface area contributed by atoms with Crippen LogP contribution in [0.1, 0.15) is 28.4 Å². The molecule has 0 bridgehead atoms. The van der Waals surface area contributed by atoms with E-state index in [1.165, 1.54) is 29.5 Å². The number of benzene rings is 1. The van der Waals surface area contributed by atoms with Gasteiger partial charge in [-0.15, -0.1) is 0 Å². The highest BCUT2D eigenvalue weighted by Gasteiger charge is 2.11. The highest BCUT2D eigenvalue weighted by Crippen LogP contribution is 2.10. The van der Waals surface area contributed by atoms with Crippen LogP contribution in [0.3, 0.4) is 0 Å². The monoisotopic (exact) mass is 272 g/mol. The summed E-state index contributed by atoms with van der Waals surface area (Å²) >= 11 is 0. The molecule has 1 N–H and O–H groups in total. The molecule has 0 radical (unpaired) electrons. The van der Waals surface area contributed by atoms with Crippen LogP contribution in [-0.4, -0.2) is 16.9 Å². The summed E-state index contributed by atoms with van der Waals surface area (Å²) in [5, 5.41) is 2.89. The van der Waals surface area contributed by atoms with Gasteiger partial charge in [0.2, 0.25) is 5.95 Å². The number of carbonyl (C=O) groups is 1. The molecule has 0 saturated carbocycles. The van der Waals surface area contributed by atoms with Gasteiger partial charge >= 0.3 is 0 Å². The molecule has 0 spiro atoms. The quantitative estimate of drug-likeness (QED) is 0.870. The van der Waals surface area contributed by atoms with E-state index in [0.29, 0.717) is 5.56 Å². The minimum atomic E-state index is -0.588. The zero-order valence-electron chi connectivity index (χ0n) is 11.6. The molecule has 1 atom stereocenters. The molecule has 1 heterocycles.